The maximum Gasteiger partial charge on any atom is 0.220 e. The molecule has 1 aliphatic heterocycles. The van der Waals surface area contributed by atoms with E-state index in [2.05, 4.69) is 25.6 Å². The first kappa shape index (κ1) is 16.9. The molecule has 1 aromatic heterocycles. The summed E-state index contributed by atoms with van der Waals surface area (Å²) in [5, 5.41) is 5.67. The average molecular weight is 317 g/mol. The second-order valence-electron chi connectivity index (χ2n) is 5.37. The van der Waals surface area contributed by atoms with Gasteiger partial charge in [0.15, 0.2) is 0 Å². The van der Waals surface area contributed by atoms with E-state index in [1.165, 1.54) is 0 Å². The number of rotatable bonds is 10. The van der Waals surface area contributed by atoms with Gasteiger partial charge in [0.2, 0.25) is 11.8 Å². The molecule has 0 saturated carbocycles. The maximum atomic E-state index is 11.7. The molecule has 0 saturated heterocycles. The number of aromatic amines is 1. The van der Waals surface area contributed by atoms with Crippen LogP contribution in [0.2, 0.25) is 0 Å². The Morgan fingerprint density at radius 1 is 1.13 bits per heavy atom. The molecule has 0 unspecified atom stereocenters. The largest absolute Gasteiger partial charge is 0.356 e. The monoisotopic (exact) mass is 317 g/mol. The van der Waals surface area contributed by atoms with Crippen LogP contribution in [0.15, 0.2) is 29.7 Å². The summed E-state index contributed by atoms with van der Waals surface area (Å²) in [5.74, 6) is 0.808. The summed E-state index contributed by atoms with van der Waals surface area (Å²) in [6, 6.07) is 0. The summed E-state index contributed by atoms with van der Waals surface area (Å²) in [6.07, 6.45) is 10.9. The normalized spacial score (nSPS) is 13.0. The molecule has 7 nitrogen and oxygen atoms in total. The van der Waals surface area contributed by atoms with Gasteiger partial charge in [-0.05, 0) is 6.42 Å². The third kappa shape index (κ3) is 6.90. The van der Waals surface area contributed by atoms with Gasteiger partial charge in [-0.2, -0.15) is 0 Å². The van der Waals surface area contributed by atoms with E-state index >= 15 is 0 Å². The van der Waals surface area contributed by atoms with Crippen molar-refractivity contribution in [2.45, 2.75) is 38.5 Å². The van der Waals surface area contributed by atoms with Crippen LogP contribution in [0.25, 0.3) is 0 Å². The lowest BCUT2D eigenvalue weighted by molar-refractivity contribution is -0.122. The van der Waals surface area contributed by atoms with Gasteiger partial charge in [-0.3, -0.25) is 14.6 Å². The zero-order chi connectivity index (χ0) is 16.3. The first-order chi connectivity index (χ1) is 11.2. The van der Waals surface area contributed by atoms with E-state index in [-0.39, 0.29) is 11.8 Å². The van der Waals surface area contributed by atoms with E-state index in [1.807, 2.05) is 6.08 Å². The topological polar surface area (TPSA) is 99.2 Å². The minimum Gasteiger partial charge on any atom is -0.356 e. The first-order valence-corrected chi connectivity index (χ1v) is 7.96. The molecule has 124 valence electrons. The van der Waals surface area contributed by atoms with E-state index in [0.717, 1.165) is 24.4 Å². The van der Waals surface area contributed by atoms with Crippen molar-refractivity contribution < 1.29 is 9.59 Å². The van der Waals surface area contributed by atoms with E-state index in [1.54, 1.807) is 18.6 Å². The van der Waals surface area contributed by atoms with Crippen LogP contribution in [0.1, 0.15) is 37.9 Å². The van der Waals surface area contributed by atoms with Crippen molar-refractivity contribution >= 4 is 17.5 Å². The number of nitrogens with one attached hydrogen (secondary N) is 3. The van der Waals surface area contributed by atoms with Crippen molar-refractivity contribution in [1.82, 2.24) is 20.6 Å². The molecular weight excluding hydrogens is 294 g/mol. The van der Waals surface area contributed by atoms with Crippen LogP contribution in [0.3, 0.4) is 0 Å². The minimum atomic E-state index is -0.0317. The highest BCUT2D eigenvalue weighted by molar-refractivity contribution is 5.88. The van der Waals surface area contributed by atoms with Gasteiger partial charge < -0.3 is 15.6 Å². The number of carbonyl (C=O) groups is 2. The molecule has 2 rings (SSSR count). The fourth-order valence-corrected chi connectivity index (χ4v) is 2.25. The molecule has 0 spiro atoms. The summed E-state index contributed by atoms with van der Waals surface area (Å²) in [4.78, 5) is 34.6. The molecule has 0 aliphatic carbocycles. The minimum absolute atomic E-state index is 0.0139. The summed E-state index contributed by atoms with van der Waals surface area (Å²) in [7, 11) is 0. The summed E-state index contributed by atoms with van der Waals surface area (Å²) in [6.45, 7) is 1.16. The number of imidazole rings is 1. The van der Waals surface area contributed by atoms with Crippen LogP contribution < -0.4 is 10.6 Å². The van der Waals surface area contributed by atoms with Crippen molar-refractivity contribution in [2.75, 3.05) is 13.1 Å². The van der Waals surface area contributed by atoms with Crippen LogP contribution in [-0.2, 0) is 16.0 Å². The number of hydrogen-bond acceptors (Lipinski definition) is 4. The van der Waals surface area contributed by atoms with E-state index < -0.39 is 0 Å². The van der Waals surface area contributed by atoms with E-state index in [0.29, 0.717) is 38.8 Å². The van der Waals surface area contributed by atoms with Gasteiger partial charge in [-0.1, -0.05) is 6.08 Å². The van der Waals surface area contributed by atoms with Crippen LogP contribution >= 0.6 is 0 Å². The van der Waals surface area contributed by atoms with Gasteiger partial charge in [0.05, 0.1) is 0 Å². The zero-order valence-corrected chi connectivity index (χ0v) is 13.2. The Morgan fingerprint density at radius 3 is 2.48 bits per heavy atom. The molecule has 1 aliphatic rings. The van der Waals surface area contributed by atoms with Crippen LogP contribution in [0.5, 0.6) is 0 Å². The van der Waals surface area contributed by atoms with Crippen molar-refractivity contribution in [3.8, 4) is 0 Å². The van der Waals surface area contributed by atoms with Crippen molar-refractivity contribution in [1.29, 1.82) is 0 Å². The second kappa shape index (κ2) is 9.55. The standard InChI is InChI=1S/C16H23N5O2/c22-15(20-9-6-13-3-2-8-17-13)4-1-5-16(23)21-10-7-14-18-11-12-19-14/h2,8,11-12H,1,3-7,9-10H2,(H,18,19)(H,20,22)(H,21,23). The number of nitrogens with zero attached hydrogens (tertiary/aromatic N) is 2. The molecule has 0 bridgehead atoms. The van der Waals surface area contributed by atoms with Crippen LogP contribution in [-0.4, -0.2) is 40.6 Å². The van der Waals surface area contributed by atoms with Crippen LogP contribution in [0.4, 0.5) is 0 Å². The Bertz CT molecular complexity index is 563. The predicted octanol–water partition coefficient (Wildman–Crippen LogP) is 1.10. The third-order valence-electron chi connectivity index (χ3n) is 3.50. The third-order valence-corrected chi connectivity index (χ3v) is 3.50. The number of allylic oxidation sites excluding steroid dienone is 1. The number of H-pyrrole nitrogens is 1. The number of amides is 2. The number of aliphatic imine (C=N–C) groups is 1. The fraction of sp³-hybridized carbons (Fsp3) is 0.500. The van der Waals surface area contributed by atoms with E-state index in [4.69, 9.17) is 0 Å². The van der Waals surface area contributed by atoms with Gasteiger partial charge in [-0.25, -0.2) is 4.98 Å². The predicted molar refractivity (Wildman–Crippen MR) is 88.0 cm³/mol. The van der Waals surface area contributed by atoms with Gasteiger partial charge in [0.1, 0.15) is 5.82 Å². The summed E-state index contributed by atoms with van der Waals surface area (Å²) >= 11 is 0. The number of aromatic nitrogens is 2. The highest BCUT2D eigenvalue weighted by atomic mass is 16.2. The van der Waals surface area contributed by atoms with Crippen molar-refractivity contribution in [3.05, 3.63) is 30.5 Å². The zero-order valence-electron chi connectivity index (χ0n) is 13.2. The molecule has 0 fully saturated rings. The number of carbonyl (C=O) groups excluding carboxylic acids is 2. The lowest BCUT2D eigenvalue weighted by Crippen LogP contribution is -2.28. The molecular formula is C16H23N5O2. The number of hydrogen-bond donors (Lipinski definition) is 3. The Labute approximate surface area is 135 Å². The van der Waals surface area contributed by atoms with Gasteiger partial charge in [0, 0.05) is 69.5 Å². The highest BCUT2D eigenvalue weighted by Crippen LogP contribution is 2.03. The van der Waals surface area contributed by atoms with Crippen molar-refractivity contribution in [3.63, 3.8) is 0 Å². The Morgan fingerprint density at radius 2 is 1.87 bits per heavy atom. The molecule has 1 aromatic rings. The molecule has 2 amide bonds. The van der Waals surface area contributed by atoms with Gasteiger partial charge in [-0.15, -0.1) is 0 Å². The fourth-order valence-electron chi connectivity index (χ4n) is 2.25. The molecule has 2 heterocycles. The average Bonchev–Trinajstić information content (AvgIpc) is 3.20. The van der Waals surface area contributed by atoms with Crippen LogP contribution in [0, 0.1) is 0 Å². The first-order valence-electron chi connectivity index (χ1n) is 7.96. The molecule has 0 atom stereocenters. The SMILES string of the molecule is O=C(CCCC(=O)NCCc1ncc[nH]1)NCCC1=NC=CC1. The van der Waals surface area contributed by atoms with Gasteiger partial charge in [0.25, 0.3) is 0 Å². The lowest BCUT2D eigenvalue weighted by atomic mass is 10.2. The Balaban J connectivity index is 1.45. The Kier molecular flexibility index (Phi) is 7.03. The van der Waals surface area contributed by atoms with Crippen molar-refractivity contribution in [2.24, 2.45) is 4.99 Å². The maximum absolute atomic E-state index is 11.7. The second-order valence-corrected chi connectivity index (χ2v) is 5.37. The lowest BCUT2D eigenvalue weighted by Gasteiger charge is -2.06. The quantitative estimate of drug-likeness (QED) is 0.602. The molecule has 0 radical (unpaired) electrons. The van der Waals surface area contributed by atoms with E-state index in [9.17, 15) is 9.59 Å². The highest BCUT2D eigenvalue weighted by Gasteiger charge is 2.06. The summed E-state index contributed by atoms with van der Waals surface area (Å²) < 4.78 is 0. The molecule has 23 heavy (non-hydrogen) atoms. The smallest absolute Gasteiger partial charge is 0.220 e. The molecule has 0 aromatic carbocycles. The summed E-state index contributed by atoms with van der Waals surface area (Å²) in [5.41, 5.74) is 1.10. The Hall–Kier alpha value is -2.44. The molecule has 7 heteroatoms. The molecule has 3 N–H and O–H groups in total. The van der Waals surface area contributed by atoms with Gasteiger partial charge >= 0.3 is 0 Å².